The predicted molar refractivity (Wildman–Crippen MR) is 75.2 cm³/mol. The molecule has 0 radical (unpaired) electrons. The van der Waals surface area contributed by atoms with Crippen molar-refractivity contribution in [1.29, 1.82) is 0 Å². The molecule has 0 N–H and O–H groups in total. The van der Waals surface area contributed by atoms with Crippen LogP contribution in [-0.2, 0) is 6.54 Å². The summed E-state index contributed by atoms with van der Waals surface area (Å²) >= 11 is 3.39. The third kappa shape index (κ3) is 3.07. The van der Waals surface area contributed by atoms with Crippen molar-refractivity contribution in [2.75, 3.05) is 11.9 Å². The average Bonchev–Trinajstić information content (AvgIpc) is 2.32. The Kier molecular flexibility index (Phi) is 3.79. The third-order valence-corrected chi connectivity index (χ3v) is 3.18. The molecule has 2 nitrogen and oxygen atoms in total. The lowest BCUT2D eigenvalue weighted by Gasteiger charge is -2.20. The minimum Gasteiger partial charge on any atom is -0.368 e. The van der Waals surface area contributed by atoms with Gasteiger partial charge in [0.1, 0.15) is 0 Å². The molecular formula is C14H15BrN2. The van der Waals surface area contributed by atoms with Crippen LogP contribution in [0.25, 0.3) is 0 Å². The van der Waals surface area contributed by atoms with Gasteiger partial charge in [0.15, 0.2) is 0 Å². The number of aromatic nitrogens is 1. The number of pyridine rings is 1. The predicted octanol–water partition coefficient (Wildman–Crippen LogP) is 3.79. The molecular weight excluding hydrogens is 276 g/mol. The minimum atomic E-state index is 0.818. The standard InChI is InChI=1S/C14H15BrN2/c1-11-5-3-4-6-14(11)17(2)10-13-8-7-12(15)9-16-13/h3-9H,10H2,1-2H3. The van der Waals surface area contributed by atoms with Crippen LogP contribution in [-0.4, -0.2) is 12.0 Å². The number of hydrogen-bond acceptors (Lipinski definition) is 2. The summed E-state index contributed by atoms with van der Waals surface area (Å²) in [6.45, 7) is 2.94. The van der Waals surface area contributed by atoms with Crippen molar-refractivity contribution >= 4 is 21.6 Å². The Labute approximate surface area is 110 Å². The number of halogens is 1. The van der Waals surface area contributed by atoms with Crippen molar-refractivity contribution in [1.82, 2.24) is 4.98 Å². The summed E-state index contributed by atoms with van der Waals surface area (Å²) in [5, 5.41) is 0. The van der Waals surface area contributed by atoms with Gasteiger partial charge in [-0.05, 0) is 46.6 Å². The quantitative estimate of drug-likeness (QED) is 0.855. The van der Waals surface area contributed by atoms with Gasteiger partial charge >= 0.3 is 0 Å². The second kappa shape index (κ2) is 5.32. The summed E-state index contributed by atoms with van der Waals surface area (Å²) < 4.78 is 1.01. The van der Waals surface area contributed by atoms with Gasteiger partial charge in [0, 0.05) is 23.4 Å². The van der Waals surface area contributed by atoms with Gasteiger partial charge in [-0.15, -0.1) is 0 Å². The number of para-hydroxylation sites is 1. The highest BCUT2D eigenvalue weighted by molar-refractivity contribution is 9.10. The van der Waals surface area contributed by atoms with Crippen molar-refractivity contribution in [2.45, 2.75) is 13.5 Å². The second-order valence-electron chi connectivity index (χ2n) is 4.11. The van der Waals surface area contributed by atoms with E-state index >= 15 is 0 Å². The zero-order valence-electron chi connectivity index (χ0n) is 10.0. The monoisotopic (exact) mass is 290 g/mol. The molecule has 0 bridgehead atoms. The molecule has 0 saturated carbocycles. The maximum absolute atomic E-state index is 4.38. The van der Waals surface area contributed by atoms with Gasteiger partial charge in [-0.3, -0.25) is 4.98 Å². The first kappa shape index (κ1) is 12.1. The Morgan fingerprint density at radius 3 is 2.59 bits per heavy atom. The van der Waals surface area contributed by atoms with E-state index in [9.17, 15) is 0 Å². The molecule has 2 aromatic rings. The van der Waals surface area contributed by atoms with Crippen LogP contribution < -0.4 is 4.90 Å². The van der Waals surface area contributed by atoms with Crippen LogP contribution in [0.4, 0.5) is 5.69 Å². The zero-order chi connectivity index (χ0) is 12.3. The van der Waals surface area contributed by atoms with Gasteiger partial charge in [-0.1, -0.05) is 18.2 Å². The van der Waals surface area contributed by atoms with E-state index in [1.165, 1.54) is 11.3 Å². The maximum Gasteiger partial charge on any atom is 0.0598 e. The molecule has 0 aliphatic rings. The maximum atomic E-state index is 4.38. The van der Waals surface area contributed by atoms with E-state index in [1.54, 1.807) is 0 Å². The molecule has 2 rings (SSSR count). The Balaban J connectivity index is 2.14. The van der Waals surface area contributed by atoms with Gasteiger partial charge in [-0.2, -0.15) is 0 Å². The third-order valence-electron chi connectivity index (χ3n) is 2.71. The first-order valence-corrected chi connectivity index (χ1v) is 6.33. The number of hydrogen-bond donors (Lipinski definition) is 0. The van der Waals surface area contributed by atoms with Gasteiger partial charge in [0.25, 0.3) is 0 Å². The van der Waals surface area contributed by atoms with E-state index in [1.807, 2.05) is 18.3 Å². The molecule has 0 aliphatic heterocycles. The van der Waals surface area contributed by atoms with Gasteiger partial charge in [0.05, 0.1) is 12.2 Å². The van der Waals surface area contributed by atoms with Gasteiger partial charge in [0.2, 0.25) is 0 Å². The Hall–Kier alpha value is -1.35. The molecule has 0 saturated heterocycles. The van der Waals surface area contributed by atoms with Gasteiger partial charge in [-0.25, -0.2) is 0 Å². The van der Waals surface area contributed by atoms with Crippen LogP contribution in [0.5, 0.6) is 0 Å². The second-order valence-corrected chi connectivity index (χ2v) is 5.03. The van der Waals surface area contributed by atoms with E-state index in [0.29, 0.717) is 0 Å². The summed E-state index contributed by atoms with van der Waals surface area (Å²) in [5.41, 5.74) is 3.60. The number of anilines is 1. The first-order valence-electron chi connectivity index (χ1n) is 5.54. The lowest BCUT2D eigenvalue weighted by atomic mass is 10.2. The largest absolute Gasteiger partial charge is 0.368 e. The fourth-order valence-corrected chi connectivity index (χ4v) is 2.05. The van der Waals surface area contributed by atoms with Crippen molar-refractivity contribution in [2.24, 2.45) is 0 Å². The molecule has 3 heteroatoms. The van der Waals surface area contributed by atoms with Gasteiger partial charge < -0.3 is 4.90 Å². The SMILES string of the molecule is Cc1ccccc1N(C)Cc1ccc(Br)cn1. The molecule has 1 aromatic carbocycles. The summed E-state index contributed by atoms with van der Waals surface area (Å²) in [6, 6.07) is 12.4. The summed E-state index contributed by atoms with van der Waals surface area (Å²) in [4.78, 5) is 6.60. The fraction of sp³-hybridized carbons (Fsp3) is 0.214. The van der Waals surface area contributed by atoms with Crippen molar-refractivity contribution in [3.8, 4) is 0 Å². The number of benzene rings is 1. The normalized spacial score (nSPS) is 10.3. The highest BCUT2D eigenvalue weighted by Crippen LogP contribution is 2.19. The Morgan fingerprint density at radius 1 is 1.18 bits per heavy atom. The molecule has 1 heterocycles. The van der Waals surface area contributed by atoms with Crippen LogP contribution in [0.2, 0.25) is 0 Å². The molecule has 0 aliphatic carbocycles. The molecule has 17 heavy (non-hydrogen) atoms. The molecule has 0 atom stereocenters. The molecule has 0 amide bonds. The van der Waals surface area contributed by atoms with Crippen LogP contribution in [0.15, 0.2) is 47.1 Å². The summed E-state index contributed by atoms with van der Waals surface area (Å²) in [5.74, 6) is 0. The lowest BCUT2D eigenvalue weighted by Crippen LogP contribution is -2.18. The molecule has 0 unspecified atom stereocenters. The molecule has 0 spiro atoms. The van der Waals surface area contributed by atoms with Crippen molar-refractivity contribution < 1.29 is 0 Å². The number of aryl methyl sites for hydroxylation is 1. The first-order chi connectivity index (χ1) is 8.16. The lowest BCUT2D eigenvalue weighted by molar-refractivity contribution is 0.880. The minimum absolute atomic E-state index is 0.818. The summed E-state index contributed by atoms with van der Waals surface area (Å²) in [6.07, 6.45) is 1.83. The average molecular weight is 291 g/mol. The van der Waals surface area contributed by atoms with E-state index in [0.717, 1.165) is 16.7 Å². The van der Waals surface area contributed by atoms with E-state index in [2.05, 4.69) is 64.1 Å². The highest BCUT2D eigenvalue weighted by atomic mass is 79.9. The molecule has 88 valence electrons. The summed E-state index contributed by atoms with van der Waals surface area (Å²) in [7, 11) is 2.09. The van der Waals surface area contributed by atoms with Crippen LogP contribution in [0.3, 0.4) is 0 Å². The molecule has 1 aromatic heterocycles. The van der Waals surface area contributed by atoms with E-state index in [-0.39, 0.29) is 0 Å². The highest BCUT2D eigenvalue weighted by Gasteiger charge is 2.05. The Bertz CT molecular complexity index is 494. The van der Waals surface area contributed by atoms with Crippen LogP contribution in [0, 0.1) is 6.92 Å². The zero-order valence-corrected chi connectivity index (χ0v) is 11.6. The van der Waals surface area contributed by atoms with E-state index < -0.39 is 0 Å². The van der Waals surface area contributed by atoms with E-state index in [4.69, 9.17) is 0 Å². The smallest absolute Gasteiger partial charge is 0.0598 e. The number of nitrogens with zero attached hydrogens (tertiary/aromatic N) is 2. The van der Waals surface area contributed by atoms with Crippen LogP contribution >= 0.6 is 15.9 Å². The topological polar surface area (TPSA) is 16.1 Å². The fourth-order valence-electron chi connectivity index (χ4n) is 1.82. The molecule has 0 fully saturated rings. The van der Waals surface area contributed by atoms with Crippen LogP contribution in [0.1, 0.15) is 11.3 Å². The number of rotatable bonds is 3. The van der Waals surface area contributed by atoms with Crippen molar-refractivity contribution in [3.05, 3.63) is 58.3 Å². The Morgan fingerprint density at radius 2 is 1.94 bits per heavy atom. The van der Waals surface area contributed by atoms with Crippen molar-refractivity contribution in [3.63, 3.8) is 0 Å².